The second kappa shape index (κ2) is 6.85. The Balaban J connectivity index is 1.62. The summed E-state index contributed by atoms with van der Waals surface area (Å²) in [5.74, 6) is 0.430. The Morgan fingerprint density at radius 1 is 1.48 bits per heavy atom. The van der Waals surface area contributed by atoms with Crippen molar-refractivity contribution in [2.75, 3.05) is 13.1 Å². The van der Waals surface area contributed by atoms with E-state index in [0.717, 1.165) is 19.4 Å². The lowest BCUT2D eigenvalue weighted by Gasteiger charge is -2.32. The van der Waals surface area contributed by atoms with E-state index < -0.39 is 0 Å². The molecule has 1 aliphatic heterocycles. The molecule has 2 aromatic rings. The average Bonchev–Trinajstić information content (AvgIpc) is 3.10. The van der Waals surface area contributed by atoms with Crippen molar-refractivity contribution in [3.8, 4) is 0 Å². The van der Waals surface area contributed by atoms with E-state index in [4.69, 9.17) is 0 Å². The third kappa shape index (κ3) is 3.55. The molecule has 7 heteroatoms. The van der Waals surface area contributed by atoms with Crippen molar-refractivity contribution in [2.24, 2.45) is 0 Å². The zero-order chi connectivity index (χ0) is 16.2. The average molecular weight is 317 g/mol. The fraction of sp³-hybridized carbons (Fsp3) is 0.500. The summed E-state index contributed by atoms with van der Waals surface area (Å²) in [7, 11) is 0. The van der Waals surface area contributed by atoms with Crippen molar-refractivity contribution < 1.29 is 9.18 Å². The summed E-state index contributed by atoms with van der Waals surface area (Å²) < 4.78 is 13.8. The van der Waals surface area contributed by atoms with Crippen molar-refractivity contribution in [1.29, 1.82) is 0 Å². The maximum Gasteiger partial charge on any atom is 0.223 e. The van der Waals surface area contributed by atoms with Crippen LogP contribution >= 0.6 is 0 Å². The van der Waals surface area contributed by atoms with Crippen LogP contribution in [0.3, 0.4) is 0 Å². The van der Waals surface area contributed by atoms with Gasteiger partial charge in [0, 0.05) is 25.4 Å². The monoisotopic (exact) mass is 317 g/mol. The van der Waals surface area contributed by atoms with Gasteiger partial charge in [0.2, 0.25) is 5.91 Å². The molecule has 0 radical (unpaired) electrons. The molecule has 0 unspecified atom stereocenters. The van der Waals surface area contributed by atoms with E-state index in [-0.39, 0.29) is 23.6 Å². The summed E-state index contributed by atoms with van der Waals surface area (Å²) in [6.45, 7) is 3.22. The van der Waals surface area contributed by atoms with Gasteiger partial charge in [-0.15, -0.1) is 10.2 Å². The fourth-order valence-electron chi connectivity index (χ4n) is 3.13. The highest BCUT2D eigenvalue weighted by molar-refractivity contribution is 5.77. The van der Waals surface area contributed by atoms with Gasteiger partial charge in [-0.2, -0.15) is 5.21 Å². The Hall–Kier alpha value is -2.31. The Morgan fingerprint density at radius 3 is 3.04 bits per heavy atom. The number of piperidine rings is 1. The molecule has 6 nitrogen and oxygen atoms in total. The molecule has 0 bridgehead atoms. The van der Waals surface area contributed by atoms with E-state index in [0.29, 0.717) is 24.4 Å². The van der Waals surface area contributed by atoms with Gasteiger partial charge in [0.1, 0.15) is 5.82 Å². The molecule has 0 spiro atoms. The number of hydrogen-bond acceptors (Lipinski definition) is 4. The van der Waals surface area contributed by atoms with Crippen molar-refractivity contribution in [1.82, 2.24) is 25.5 Å². The number of H-pyrrole nitrogens is 1. The van der Waals surface area contributed by atoms with Gasteiger partial charge in [-0.05, 0) is 30.4 Å². The molecule has 122 valence electrons. The van der Waals surface area contributed by atoms with Gasteiger partial charge in [0.05, 0.1) is 0 Å². The molecule has 3 rings (SSSR count). The van der Waals surface area contributed by atoms with Crippen LogP contribution in [-0.2, 0) is 4.79 Å². The van der Waals surface area contributed by atoms with Crippen molar-refractivity contribution in [3.05, 3.63) is 41.5 Å². The Morgan fingerprint density at radius 2 is 2.30 bits per heavy atom. The largest absolute Gasteiger partial charge is 0.342 e. The smallest absolute Gasteiger partial charge is 0.223 e. The Bertz CT molecular complexity index is 660. The molecule has 1 amide bonds. The number of halogens is 1. The van der Waals surface area contributed by atoms with Crippen LogP contribution in [-0.4, -0.2) is 44.5 Å². The van der Waals surface area contributed by atoms with Gasteiger partial charge in [0.25, 0.3) is 0 Å². The minimum Gasteiger partial charge on any atom is -0.342 e. The van der Waals surface area contributed by atoms with Crippen molar-refractivity contribution >= 4 is 5.91 Å². The number of amides is 1. The number of aromatic amines is 1. The first-order valence-electron chi connectivity index (χ1n) is 7.90. The minimum atomic E-state index is -0.254. The number of benzene rings is 1. The number of carbonyl (C=O) groups is 1. The number of likely N-dealkylation sites (tertiary alicyclic amines) is 1. The molecule has 0 aliphatic carbocycles. The van der Waals surface area contributed by atoms with Crippen LogP contribution in [0.4, 0.5) is 4.39 Å². The van der Waals surface area contributed by atoms with Crippen LogP contribution in [0.25, 0.3) is 0 Å². The van der Waals surface area contributed by atoms with Crippen LogP contribution in [0.2, 0.25) is 0 Å². The maximum absolute atomic E-state index is 13.8. The molecule has 1 N–H and O–H groups in total. The molecule has 0 saturated carbocycles. The molecule has 1 fully saturated rings. The molecule has 2 atom stereocenters. The van der Waals surface area contributed by atoms with Gasteiger partial charge < -0.3 is 4.90 Å². The summed E-state index contributed by atoms with van der Waals surface area (Å²) in [5.41, 5.74) is 0.590. The molecule has 2 heterocycles. The molecular formula is C16H20FN5O. The minimum absolute atomic E-state index is 0.0500. The zero-order valence-electron chi connectivity index (χ0n) is 13.1. The summed E-state index contributed by atoms with van der Waals surface area (Å²) >= 11 is 0. The summed E-state index contributed by atoms with van der Waals surface area (Å²) in [6.07, 6.45) is 2.17. The zero-order valence-corrected chi connectivity index (χ0v) is 13.1. The number of hydrogen-bond donors (Lipinski definition) is 1. The van der Waals surface area contributed by atoms with Gasteiger partial charge in [-0.3, -0.25) is 4.79 Å². The van der Waals surface area contributed by atoms with Gasteiger partial charge >= 0.3 is 0 Å². The first-order chi connectivity index (χ1) is 11.1. The number of rotatable bonds is 4. The summed E-state index contributed by atoms with van der Waals surface area (Å²) in [6, 6.07) is 6.63. The highest BCUT2D eigenvalue weighted by atomic mass is 19.1. The van der Waals surface area contributed by atoms with E-state index in [1.54, 1.807) is 18.2 Å². The number of carbonyl (C=O) groups excluding carboxylic acids is 1. The predicted molar refractivity (Wildman–Crippen MR) is 82.2 cm³/mol. The van der Waals surface area contributed by atoms with Crippen molar-refractivity contribution in [2.45, 2.75) is 38.0 Å². The third-order valence-corrected chi connectivity index (χ3v) is 4.42. The molecule has 1 aromatic carbocycles. The molecular weight excluding hydrogens is 297 g/mol. The fourth-order valence-corrected chi connectivity index (χ4v) is 3.13. The highest BCUT2D eigenvalue weighted by Crippen LogP contribution is 2.27. The standard InChI is InChI=1S/C16H20FN5O/c1-11(13-6-2-3-7-14(13)17)9-15(23)22-8-4-5-12(10-22)16-18-20-21-19-16/h2-3,6-7,11-12H,4-5,8-10H2,1H3,(H,18,19,20,21)/t11-,12+/m1/s1. The lowest BCUT2D eigenvalue weighted by molar-refractivity contribution is -0.132. The Kier molecular flexibility index (Phi) is 4.64. The second-order valence-corrected chi connectivity index (χ2v) is 6.08. The summed E-state index contributed by atoms with van der Waals surface area (Å²) in [5, 5.41) is 14.1. The van der Waals surface area contributed by atoms with Crippen LogP contribution < -0.4 is 0 Å². The molecule has 23 heavy (non-hydrogen) atoms. The number of nitrogens with one attached hydrogen (secondary N) is 1. The van der Waals surface area contributed by atoms with Crippen LogP contribution in [0.1, 0.15) is 49.4 Å². The second-order valence-electron chi connectivity index (χ2n) is 6.08. The predicted octanol–water partition coefficient (Wildman–Crippen LogP) is 2.24. The molecule has 1 aliphatic rings. The highest BCUT2D eigenvalue weighted by Gasteiger charge is 2.28. The van der Waals surface area contributed by atoms with Crippen molar-refractivity contribution in [3.63, 3.8) is 0 Å². The van der Waals surface area contributed by atoms with E-state index in [9.17, 15) is 9.18 Å². The number of aromatic nitrogens is 4. The van der Waals surface area contributed by atoms with Crippen LogP contribution in [0.15, 0.2) is 24.3 Å². The summed E-state index contributed by atoms with van der Waals surface area (Å²) in [4.78, 5) is 14.4. The molecule has 1 saturated heterocycles. The lowest BCUT2D eigenvalue weighted by Crippen LogP contribution is -2.39. The number of tetrazole rings is 1. The SMILES string of the molecule is C[C@H](CC(=O)N1CCC[C@H](c2nn[nH]n2)C1)c1ccccc1F. The van der Waals surface area contributed by atoms with Crippen LogP contribution in [0.5, 0.6) is 0 Å². The van der Waals surface area contributed by atoms with Gasteiger partial charge in [-0.1, -0.05) is 30.3 Å². The van der Waals surface area contributed by atoms with E-state index in [2.05, 4.69) is 20.6 Å². The van der Waals surface area contributed by atoms with Gasteiger partial charge in [-0.25, -0.2) is 4.39 Å². The Labute approximate surface area is 134 Å². The van der Waals surface area contributed by atoms with Gasteiger partial charge in [0.15, 0.2) is 5.82 Å². The van der Waals surface area contributed by atoms with E-state index in [1.165, 1.54) is 6.07 Å². The topological polar surface area (TPSA) is 74.8 Å². The van der Waals surface area contributed by atoms with E-state index in [1.807, 2.05) is 11.8 Å². The first kappa shape index (κ1) is 15.6. The van der Waals surface area contributed by atoms with E-state index >= 15 is 0 Å². The third-order valence-electron chi connectivity index (χ3n) is 4.42. The molecule has 1 aromatic heterocycles. The first-order valence-corrected chi connectivity index (χ1v) is 7.90. The lowest BCUT2D eigenvalue weighted by atomic mass is 9.94. The normalized spacial score (nSPS) is 19.6. The maximum atomic E-state index is 13.8. The number of nitrogens with zero attached hydrogens (tertiary/aromatic N) is 4. The van der Waals surface area contributed by atoms with Crippen LogP contribution in [0, 0.1) is 5.82 Å². The quantitative estimate of drug-likeness (QED) is 0.938.